The molecule has 0 radical (unpaired) electrons. The number of nitrogens with one attached hydrogen (secondary N) is 2. The Balaban J connectivity index is 1.90. The second-order valence-corrected chi connectivity index (χ2v) is 5.30. The van der Waals surface area contributed by atoms with Crippen molar-refractivity contribution < 1.29 is 9.53 Å². The molecule has 0 saturated carbocycles. The van der Waals surface area contributed by atoms with Crippen molar-refractivity contribution in [3.05, 3.63) is 35.4 Å². The first-order chi connectivity index (χ1) is 9.81. The lowest BCUT2D eigenvalue weighted by Crippen LogP contribution is -2.33. The van der Waals surface area contributed by atoms with Crippen LogP contribution in [0.3, 0.4) is 0 Å². The summed E-state index contributed by atoms with van der Waals surface area (Å²) in [5.41, 5.74) is 1.89. The van der Waals surface area contributed by atoms with Crippen LogP contribution in [0.4, 0.5) is 0 Å². The van der Waals surface area contributed by atoms with E-state index in [-0.39, 0.29) is 5.91 Å². The SMILES string of the molecule is CNCCc1ccccc1C(=O)NCC1CCCOC1. The van der Waals surface area contributed by atoms with Crippen LogP contribution < -0.4 is 10.6 Å². The molecular weight excluding hydrogens is 252 g/mol. The zero-order chi connectivity index (χ0) is 14.2. The lowest BCUT2D eigenvalue weighted by molar-refractivity contribution is 0.0536. The lowest BCUT2D eigenvalue weighted by atomic mass is 10.0. The second kappa shape index (κ2) is 8.02. The highest BCUT2D eigenvalue weighted by atomic mass is 16.5. The molecule has 1 saturated heterocycles. The van der Waals surface area contributed by atoms with Crippen LogP contribution in [-0.4, -0.2) is 39.3 Å². The van der Waals surface area contributed by atoms with Gasteiger partial charge in [-0.25, -0.2) is 0 Å². The molecule has 1 atom stereocenters. The number of hydrogen-bond donors (Lipinski definition) is 2. The Kier molecular flexibility index (Phi) is 6.02. The zero-order valence-corrected chi connectivity index (χ0v) is 12.2. The lowest BCUT2D eigenvalue weighted by Gasteiger charge is -2.22. The van der Waals surface area contributed by atoms with E-state index in [9.17, 15) is 4.79 Å². The molecule has 20 heavy (non-hydrogen) atoms. The summed E-state index contributed by atoms with van der Waals surface area (Å²) in [4.78, 5) is 12.3. The van der Waals surface area contributed by atoms with E-state index in [1.54, 1.807) is 0 Å². The maximum Gasteiger partial charge on any atom is 0.251 e. The Hall–Kier alpha value is -1.39. The Labute approximate surface area is 120 Å². The van der Waals surface area contributed by atoms with E-state index in [0.717, 1.165) is 50.1 Å². The summed E-state index contributed by atoms with van der Waals surface area (Å²) in [6, 6.07) is 7.83. The number of hydrogen-bond acceptors (Lipinski definition) is 3. The van der Waals surface area contributed by atoms with Gasteiger partial charge in [0.15, 0.2) is 0 Å². The van der Waals surface area contributed by atoms with Crippen molar-refractivity contribution in [1.29, 1.82) is 0 Å². The van der Waals surface area contributed by atoms with Crippen LogP contribution in [-0.2, 0) is 11.2 Å². The van der Waals surface area contributed by atoms with Gasteiger partial charge in [-0.2, -0.15) is 0 Å². The summed E-state index contributed by atoms with van der Waals surface area (Å²) in [7, 11) is 1.92. The molecular formula is C16H24N2O2. The molecule has 2 rings (SSSR count). The molecule has 1 aliphatic rings. The third-order valence-corrected chi connectivity index (χ3v) is 3.71. The van der Waals surface area contributed by atoms with Crippen LogP contribution in [0.15, 0.2) is 24.3 Å². The van der Waals surface area contributed by atoms with Crippen molar-refractivity contribution in [2.24, 2.45) is 5.92 Å². The first-order valence-corrected chi connectivity index (χ1v) is 7.39. The molecule has 0 spiro atoms. The number of rotatable bonds is 6. The highest BCUT2D eigenvalue weighted by Gasteiger charge is 2.16. The van der Waals surface area contributed by atoms with Crippen LogP contribution >= 0.6 is 0 Å². The van der Waals surface area contributed by atoms with Crippen molar-refractivity contribution in [3.8, 4) is 0 Å². The fourth-order valence-electron chi connectivity index (χ4n) is 2.52. The quantitative estimate of drug-likeness (QED) is 0.830. The Morgan fingerprint density at radius 1 is 1.40 bits per heavy atom. The number of benzene rings is 1. The monoisotopic (exact) mass is 276 g/mol. The van der Waals surface area contributed by atoms with Crippen molar-refractivity contribution in [1.82, 2.24) is 10.6 Å². The molecule has 1 aliphatic heterocycles. The van der Waals surface area contributed by atoms with Gasteiger partial charge in [0.05, 0.1) is 6.61 Å². The summed E-state index contributed by atoms with van der Waals surface area (Å²) in [5.74, 6) is 0.486. The maximum absolute atomic E-state index is 12.3. The van der Waals surface area contributed by atoms with Gasteiger partial charge in [0.25, 0.3) is 5.91 Å². The number of ether oxygens (including phenoxy) is 1. The van der Waals surface area contributed by atoms with Gasteiger partial charge in [0.1, 0.15) is 0 Å². The van der Waals surface area contributed by atoms with E-state index in [0.29, 0.717) is 12.5 Å². The average Bonchev–Trinajstić information content (AvgIpc) is 2.52. The summed E-state index contributed by atoms with van der Waals surface area (Å²) in [6.45, 7) is 3.21. The van der Waals surface area contributed by atoms with Gasteiger partial charge >= 0.3 is 0 Å². The molecule has 0 aliphatic carbocycles. The largest absolute Gasteiger partial charge is 0.381 e. The van der Waals surface area contributed by atoms with Gasteiger partial charge < -0.3 is 15.4 Å². The normalized spacial score (nSPS) is 18.8. The zero-order valence-electron chi connectivity index (χ0n) is 12.2. The number of likely N-dealkylation sites (N-methyl/N-ethyl adjacent to an activating group) is 1. The molecule has 0 bridgehead atoms. The van der Waals surface area contributed by atoms with E-state index in [1.807, 2.05) is 31.3 Å². The van der Waals surface area contributed by atoms with Crippen molar-refractivity contribution in [2.45, 2.75) is 19.3 Å². The average molecular weight is 276 g/mol. The van der Waals surface area contributed by atoms with Crippen molar-refractivity contribution in [2.75, 3.05) is 33.4 Å². The van der Waals surface area contributed by atoms with E-state index < -0.39 is 0 Å². The molecule has 110 valence electrons. The minimum absolute atomic E-state index is 0.0299. The third kappa shape index (κ3) is 4.32. The summed E-state index contributed by atoms with van der Waals surface area (Å²) < 4.78 is 5.44. The highest BCUT2D eigenvalue weighted by molar-refractivity contribution is 5.95. The summed E-state index contributed by atoms with van der Waals surface area (Å²) in [5, 5.41) is 6.16. The fraction of sp³-hybridized carbons (Fsp3) is 0.562. The van der Waals surface area contributed by atoms with E-state index >= 15 is 0 Å². The molecule has 1 heterocycles. The van der Waals surface area contributed by atoms with E-state index in [4.69, 9.17) is 4.74 Å². The third-order valence-electron chi connectivity index (χ3n) is 3.71. The number of carbonyl (C=O) groups excluding carboxylic acids is 1. The van der Waals surface area contributed by atoms with E-state index in [1.165, 1.54) is 0 Å². The van der Waals surface area contributed by atoms with Gasteiger partial charge in [-0.1, -0.05) is 18.2 Å². The van der Waals surface area contributed by atoms with Gasteiger partial charge in [-0.15, -0.1) is 0 Å². The minimum Gasteiger partial charge on any atom is -0.381 e. The van der Waals surface area contributed by atoms with Crippen molar-refractivity contribution in [3.63, 3.8) is 0 Å². The molecule has 2 N–H and O–H groups in total. The van der Waals surface area contributed by atoms with Gasteiger partial charge in [-0.05, 0) is 50.4 Å². The van der Waals surface area contributed by atoms with Crippen LogP contribution in [0, 0.1) is 5.92 Å². The summed E-state index contributed by atoms with van der Waals surface area (Å²) in [6.07, 6.45) is 3.10. The Morgan fingerprint density at radius 3 is 3.00 bits per heavy atom. The molecule has 1 amide bonds. The Morgan fingerprint density at radius 2 is 2.25 bits per heavy atom. The molecule has 1 aromatic rings. The fourth-order valence-corrected chi connectivity index (χ4v) is 2.52. The first kappa shape index (κ1) is 15.0. The van der Waals surface area contributed by atoms with Crippen molar-refractivity contribution >= 4 is 5.91 Å². The van der Waals surface area contributed by atoms with Crippen LogP contribution in [0.2, 0.25) is 0 Å². The maximum atomic E-state index is 12.3. The topological polar surface area (TPSA) is 50.4 Å². The second-order valence-electron chi connectivity index (χ2n) is 5.30. The van der Waals surface area contributed by atoms with Crippen LogP contribution in [0.25, 0.3) is 0 Å². The summed E-state index contributed by atoms with van der Waals surface area (Å²) >= 11 is 0. The minimum atomic E-state index is 0.0299. The first-order valence-electron chi connectivity index (χ1n) is 7.39. The molecule has 1 aromatic carbocycles. The van der Waals surface area contributed by atoms with Gasteiger partial charge in [-0.3, -0.25) is 4.79 Å². The molecule has 4 nitrogen and oxygen atoms in total. The molecule has 4 heteroatoms. The Bertz CT molecular complexity index is 428. The highest BCUT2D eigenvalue weighted by Crippen LogP contribution is 2.13. The van der Waals surface area contributed by atoms with Gasteiger partial charge in [0, 0.05) is 18.7 Å². The molecule has 1 fully saturated rings. The van der Waals surface area contributed by atoms with E-state index in [2.05, 4.69) is 10.6 Å². The smallest absolute Gasteiger partial charge is 0.251 e. The predicted molar refractivity (Wildman–Crippen MR) is 79.9 cm³/mol. The molecule has 0 aromatic heterocycles. The van der Waals surface area contributed by atoms with Gasteiger partial charge in [0.2, 0.25) is 0 Å². The standard InChI is InChI=1S/C16H24N2O2/c1-17-9-8-14-6-2-3-7-15(14)16(19)18-11-13-5-4-10-20-12-13/h2-3,6-7,13,17H,4-5,8-12H2,1H3,(H,18,19). The molecule has 1 unspecified atom stereocenters. The van der Waals surface area contributed by atoms with Crippen LogP contribution in [0.5, 0.6) is 0 Å². The number of amides is 1. The van der Waals surface area contributed by atoms with Crippen LogP contribution in [0.1, 0.15) is 28.8 Å². The predicted octanol–water partition coefficient (Wildman–Crippen LogP) is 1.60. The number of carbonyl (C=O) groups is 1.